The molecule has 0 bridgehead atoms. The van der Waals surface area contributed by atoms with Gasteiger partial charge in [0, 0.05) is 0 Å². The Morgan fingerprint density at radius 3 is 1.88 bits per heavy atom. The second kappa shape index (κ2) is 11.4. The van der Waals surface area contributed by atoms with Crippen molar-refractivity contribution < 1.29 is 14.3 Å². The van der Waals surface area contributed by atoms with Crippen molar-refractivity contribution in [3.8, 4) is 11.5 Å². The van der Waals surface area contributed by atoms with Crippen molar-refractivity contribution in [2.45, 2.75) is 52.7 Å². The van der Waals surface area contributed by atoms with Crippen molar-refractivity contribution in [2.24, 2.45) is 16.8 Å². The summed E-state index contributed by atoms with van der Waals surface area (Å²) in [6, 6.07) is 15.4. The van der Waals surface area contributed by atoms with Gasteiger partial charge in [0.1, 0.15) is 11.5 Å². The second-order valence-corrected chi connectivity index (χ2v) is 10.2. The van der Waals surface area contributed by atoms with E-state index >= 15 is 0 Å². The number of carbonyl (C=O) groups is 1. The number of aliphatic imine (C=N–C) groups is 1. The van der Waals surface area contributed by atoms with E-state index in [9.17, 15) is 4.79 Å². The van der Waals surface area contributed by atoms with Crippen LogP contribution in [0.15, 0.2) is 53.5 Å². The Morgan fingerprint density at radius 2 is 1.38 bits per heavy atom. The van der Waals surface area contributed by atoms with Gasteiger partial charge in [-0.3, -0.25) is 9.69 Å². The molecule has 0 saturated carbocycles. The molecule has 1 amide bonds. The minimum atomic E-state index is -0.172. The van der Waals surface area contributed by atoms with E-state index in [0.29, 0.717) is 30.2 Å². The smallest absolute Gasteiger partial charge is 0.246 e. The van der Waals surface area contributed by atoms with Gasteiger partial charge in [-0.05, 0) is 80.1 Å². The highest BCUT2D eigenvalue weighted by Gasteiger charge is 2.36. The molecule has 2 aromatic rings. The zero-order chi connectivity index (χ0) is 23.1. The number of carbonyl (C=O) groups excluding carboxylic acids is 1. The molecule has 0 aromatic heterocycles. The topological polar surface area (TPSA) is 51.1 Å². The second-order valence-electron chi connectivity index (χ2n) is 8.88. The van der Waals surface area contributed by atoms with E-state index in [0.717, 1.165) is 35.7 Å². The number of anilines is 1. The summed E-state index contributed by atoms with van der Waals surface area (Å²) in [6.45, 7) is 12.0. The van der Waals surface area contributed by atoms with Crippen molar-refractivity contribution in [3.63, 3.8) is 0 Å². The number of hydrogen-bond donors (Lipinski definition) is 0. The fourth-order valence-electron chi connectivity index (χ4n) is 3.10. The highest BCUT2D eigenvalue weighted by Crippen LogP contribution is 2.34. The van der Waals surface area contributed by atoms with Crippen LogP contribution in [0.25, 0.3) is 0 Å². The molecule has 1 unspecified atom stereocenters. The summed E-state index contributed by atoms with van der Waals surface area (Å²) in [5.41, 5.74) is 1.60. The van der Waals surface area contributed by atoms with Crippen LogP contribution >= 0.6 is 11.8 Å². The van der Waals surface area contributed by atoms with Crippen molar-refractivity contribution in [2.75, 3.05) is 18.1 Å². The average molecular weight is 455 g/mol. The Labute approximate surface area is 196 Å². The Balaban J connectivity index is 1.70. The number of amides is 1. The van der Waals surface area contributed by atoms with Gasteiger partial charge >= 0.3 is 0 Å². The number of nitrogens with zero attached hydrogens (tertiary/aromatic N) is 2. The van der Waals surface area contributed by atoms with E-state index in [-0.39, 0.29) is 11.2 Å². The summed E-state index contributed by atoms with van der Waals surface area (Å²) in [6.07, 6.45) is 2.04. The van der Waals surface area contributed by atoms with Gasteiger partial charge in [0.25, 0.3) is 0 Å². The first-order chi connectivity index (χ1) is 15.3. The third kappa shape index (κ3) is 6.76. The highest BCUT2D eigenvalue weighted by molar-refractivity contribution is 8.16. The quantitative estimate of drug-likeness (QED) is 0.401. The van der Waals surface area contributed by atoms with E-state index in [1.54, 1.807) is 4.90 Å². The van der Waals surface area contributed by atoms with Crippen LogP contribution in [0, 0.1) is 11.8 Å². The molecule has 5 nitrogen and oxygen atoms in total. The van der Waals surface area contributed by atoms with Gasteiger partial charge in [0.05, 0.1) is 29.8 Å². The summed E-state index contributed by atoms with van der Waals surface area (Å²) in [5, 5.41) is 0.513. The zero-order valence-electron chi connectivity index (χ0n) is 19.7. The standard InChI is InChI=1S/C26H34N2O3S/c1-18(2)14-16-30-23-10-6-21(7-11-23)27-26-28(25(29)20(5)32-26)22-8-12-24(13-9-22)31-17-15-19(3)4/h6-13,18-20H,14-17H2,1-5H3. The zero-order valence-corrected chi connectivity index (χ0v) is 20.5. The molecular weight excluding hydrogens is 420 g/mol. The van der Waals surface area contributed by atoms with Crippen molar-refractivity contribution >= 4 is 34.2 Å². The molecule has 1 atom stereocenters. The van der Waals surface area contributed by atoms with E-state index < -0.39 is 0 Å². The first-order valence-electron chi connectivity index (χ1n) is 11.4. The molecule has 172 valence electrons. The normalized spacial score (nSPS) is 17.6. The number of thioether (sulfide) groups is 1. The average Bonchev–Trinajstić information content (AvgIpc) is 3.02. The largest absolute Gasteiger partial charge is 0.494 e. The van der Waals surface area contributed by atoms with Crippen LogP contribution in [0.4, 0.5) is 11.4 Å². The molecule has 3 rings (SSSR count). The van der Waals surface area contributed by atoms with Gasteiger partial charge < -0.3 is 9.47 Å². The van der Waals surface area contributed by atoms with Crippen LogP contribution in [0.2, 0.25) is 0 Å². The first-order valence-corrected chi connectivity index (χ1v) is 12.3. The van der Waals surface area contributed by atoms with Crippen LogP contribution in [-0.2, 0) is 4.79 Å². The lowest BCUT2D eigenvalue weighted by molar-refractivity contribution is -0.116. The van der Waals surface area contributed by atoms with Gasteiger partial charge in [0.15, 0.2) is 5.17 Å². The molecule has 32 heavy (non-hydrogen) atoms. The number of benzene rings is 2. The number of ether oxygens (including phenoxy) is 2. The lowest BCUT2D eigenvalue weighted by Gasteiger charge is -2.17. The molecule has 1 fully saturated rings. The Morgan fingerprint density at radius 1 is 0.875 bits per heavy atom. The Kier molecular flexibility index (Phi) is 8.62. The van der Waals surface area contributed by atoms with Gasteiger partial charge in [-0.25, -0.2) is 4.99 Å². The summed E-state index contributed by atoms with van der Waals surface area (Å²) < 4.78 is 11.6. The van der Waals surface area contributed by atoms with Gasteiger partial charge in [0.2, 0.25) is 5.91 Å². The van der Waals surface area contributed by atoms with Crippen molar-refractivity contribution in [3.05, 3.63) is 48.5 Å². The highest BCUT2D eigenvalue weighted by atomic mass is 32.2. The fraction of sp³-hybridized carbons (Fsp3) is 0.462. The third-order valence-electron chi connectivity index (χ3n) is 5.13. The molecule has 0 radical (unpaired) electrons. The molecule has 1 aliphatic rings. The summed E-state index contributed by atoms with van der Waals surface area (Å²) in [4.78, 5) is 19.3. The molecule has 1 heterocycles. The van der Waals surface area contributed by atoms with Gasteiger partial charge in [-0.1, -0.05) is 39.5 Å². The molecule has 0 spiro atoms. The third-order valence-corrected chi connectivity index (χ3v) is 6.17. The van der Waals surface area contributed by atoms with Gasteiger partial charge in [-0.15, -0.1) is 0 Å². The number of hydrogen-bond acceptors (Lipinski definition) is 5. The van der Waals surface area contributed by atoms with E-state index in [4.69, 9.17) is 14.5 Å². The van der Waals surface area contributed by atoms with Crippen LogP contribution in [0.3, 0.4) is 0 Å². The lowest BCUT2D eigenvalue weighted by atomic mass is 10.1. The Bertz CT molecular complexity index is 908. The van der Waals surface area contributed by atoms with Crippen LogP contribution < -0.4 is 14.4 Å². The maximum absolute atomic E-state index is 12.8. The predicted molar refractivity (Wildman–Crippen MR) is 134 cm³/mol. The molecular formula is C26H34N2O3S. The number of rotatable bonds is 10. The van der Waals surface area contributed by atoms with Crippen LogP contribution in [0.5, 0.6) is 11.5 Å². The monoisotopic (exact) mass is 454 g/mol. The van der Waals surface area contributed by atoms with Crippen molar-refractivity contribution in [1.29, 1.82) is 0 Å². The molecule has 0 aliphatic carbocycles. The minimum Gasteiger partial charge on any atom is -0.494 e. The first kappa shape index (κ1) is 24.2. The maximum Gasteiger partial charge on any atom is 0.246 e. The van der Waals surface area contributed by atoms with Crippen LogP contribution in [0.1, 0.15) is 47.5 Å². The minimum absolute atomic E-state index is 0.0378. The maximum atomic E-state index is 12.8. The summed E-state index contributed by atoms with van der Waals surface area (Å²) >= 11 is 1.48. The molecule has 1 saturated heterocycles. The molecule has 1 aliphatic heterocycles. The van der Waals surface area contributed by atoms with Gasteiger partial charge in [-0.2, -0.15) is 0 Å². The van der Waals surface area contributed by atoms with E-state index in [1.165, 1.54) is 11.8 Å². The summed E-state index contributed by atoms with van der Waals surface area (Å²) in [5.74, 6) is 2.91. The van der Waals surface area contributed by atoms with Crippen LogP contribution in [-0.4, -0.2) is 29.5 Å². The number of amidine groups is 1. The van der Waals surface area contributed by atoms with E-state index in [2.05, 4.69) is 27.7 Å². The lowest BCUT2D eigenvalue weighted by Crippen LogP contribution is -2.31. The predicted octanol–water partition coefficient (Wildman–Crippen LogP) is 6.69. The fourth-order valence-corrected chi connectivity index (χ4v) is 4.08. The van der Waals surface area contributed by atoms with E-state index in [1.807, 2.05) is 55.5 Å². The summed E-state index contributed by atoms with van der Waals surface area (Å²) in [7, 11) is 0. The van der Waals surface area contributed by atoms with Crippen molar-refractivity contribution in [1.82, 2.24) is 0 Å². The molecule has 6 heteroatoms. The SMILES string of the molecule is CC(C)CCOc1ccc(N=C2SC(C)C(=O)N2c2ccc(OCCC(C)C)cc2)cc1. The molecule has 0 N–H and O–H groups in total. The Hall–Kier alpha value is -2.47. The molecule has 2 aromatic carbocycles.